The minimum Gasteiger partial charge on any atom is -0.348 e. The summed E-state index contributed by atoms with van der Waals surface area (Å²) in [6.07, 6.45) is 0. The summed E-state index contributed by atoms with van der Waals surface area (Å²) in [6, 6.07) is 21.1. The molecule has 3 rings (SSSR count). The summed E-state index contributed by atoms with van der Waals surface area (Å²) in [4.78, 5) is 12.3. The Morgan fingerprint density at radius 1 is 0.862 bits per heavy atom. The number of hydrogen-bond donors (Lipinski definition) is 2. The lowest BCUT2D eigenvalue weighted by Crippen LogP contribution is -2.24. The number of carbonyl (C=O) groups is 1. The van der Waals surface area contributed by atoms with Crippen molar-refractivity contribution < 1.29 is 13.2 Å². The number of rotatable bonds is 7. The molecule has 7 heteroatoms. The van der Waals surface area contributed by atoms with Gasteiger partial charge in [0.05, 0.1) is 5.02 Å². The Labute approximate surface area is 175 Å². The van der Waals surface area contributed by atoms with E-state index in [1.807, 2.05) is 49.4 Å². The maximum Gasteiger partial charge on any atom is 0.251 e. The quantitative estimate of drug-likeness (QED) is 0.596. The zero-order valence-corrected chi connectivity index (χ0v) is 17.4. The van der Waals surface area contributed by atoms with E-state index in [2.05, 4.69) is 10.0 Å². The van der Waals surface area contributed by atoms with Gasteiger partial charge in [0.2, 0.25) is 10.0 Å². The molecule has 1 amide bonds. The van der Waals surface area contributed by atoms with Gasteiger partial charge in [0.15, 0.2) is 0 Å². The molecule has 0 aliphatic carbocycles. The van der Waals surface area contributed by atoms with Crippen LogP contribution in [-0.2, 0) is 23.1 Å². The Balaban J connectivity index is 1.57. The number of sulfonamides is 1. The summed E-state index contributed by atoms with van der Waals surface area (Å²) < 4.78 is 27.3. The van der Waals surface area contributed by atoms with Crippen LogP contribution in [0.15, 0.2) is 77.7 Å². The van der Waals surface area contributed by atoms with Crippen LogP contribution < -0.4 is 10.0 Å². The molecule has 2 N–H and O–H groups in total. The number of benzene rings is 3. The van der Waals surface area contributed by atoms with Crippen molar-refractivity contribution in [3.05, 3.63) is 100 Å². The molecule has 150 valence electrons. The first kappa shape index (κ1) is 21.0. The van der Waals surface area contributed by atoms with E-state index in [0.29, 0.717) is 12.1 Å². The van der Waals surface area contributed by atoms with Crippen molar-refractivity contribution >= 4 is 27.5 Å². The van der Waals surface area contributed by atoms with Gasteiger partial charge in [-0.3, -0.25) is 4.79 Å². The Morgan fingerprint density at radius 3 is 2.10 bits per heavy atom. The molecule has 5 nitrogen and oxygen atoms in total. The SMILES string of the molecule is Cc1ccccc1C(=O)NCc1ccc(CNS(=O)(=O)c2ccccc2Cl)cc1. The van der Waals surface area contributed by atoms with E-state index in [0.717, 1.165) is 16.7 Å². The molecule has 0 spiro atoms. The molecule has 0 saturated heterocycles. The molecular formula is C22H21ClN2O3S. The van der Waals surface area contributed by atoms with Gasteiger partial charge in [-0.25, -0.2) is 13.1 Å². The Kier molecular flexibility index (Phi) is 6.69. The zero-order valence-electron chi connectivity index (χ0n) is 15.9. The van der Waals surface area contributed by atoms with Crippen LogP contribution in [0.25, 0.3) is 0 Å². The molecule has 0 aliphatic heterocycles. The third kappa shape index (κ3) is 5.44. The average molecular weight is 429 g/mol. The van der Waals surface area contributed by atoms with Crippen molar-refractivity contribution in [3.63, 3.8) is 0 Å². The van der Waals surface area contributed by atoms with Crippen LogP contribution in [-0.4, -0.2) is 14.3 Å². The lowest BCUT2D eigenvalue weighted by molar-refractivity contribution is 0.0950. The summed E-state index contributed by atoms with van der Waals surface area (Å²) in [5.74, 6) is -0.125. The van der Waals surface area contributed by atoms with Crippen LogP contribution in [0.1, 0.15) is 27.0 Å². The van der Waals surface area contributed by atoms with E-state index >= 15 is 0 Å². The fraction of sp³-hybridized carbons (Fsp3) is 0.136. The second-order valence-corrected chi connectivity index (χ2v) is 8.71. The first-order valence-electron chi connectivity index (χ1n) is 9.02. The minimum absolute atomic E-state index is 0.0530. The molecule has 0 radical (unpaired) electrons. The monoisotopic (exact) mass is 428 g/mol. The van der Waals surface area contributed by atoms with Gasteiger partial charge in [0.1, 0.15) is 4.90 Å². The summed E-state index contributed by atoms with van der Waals surface area (Å²) in [5, 5.41) is 3.07. The van der Waals surface area contributed by atoms with E-state index in [9.17, 15) is 13.2 Å². The lowest BCUT2D eigenvalue weighted by Gasteiger charge is -2.10. The zero-order chi connectivity index (χ0) is 20.9. The molecule has 0 unspecified atom stereocenters. The minimum atomic E-state index is -3.69. The highest BCUT2D eigenvalue weighted by atomic mass is 35.5. The maximum absolute atomic E-state index is 12.4. The standard InChI is InChI=1S/C22H21ClN2O3S/c1-16-6-2-3-7-19(16)22(26)24-14-17-10-12-18(13-11-17)15-25-29(27,28)21-9-5-4-8-20(21)23/h2-13,25H,14-15H2,1H3,(H,24,26). The van der Waals surface area contributed by atoms with Gasteiger partial charge in [-0.15, -0.1) is 0 Å². The Bertz CT molecular complexity index is 1110. The van der Waals surface area contributed by atoms with Gasteiger partial charge < -0.3 is 5.32 Å². The van der Waals surface area contributed by atoms with Crippen molar-refractivity contribution in [3.8, 4) is 0 Å². The largest absolute Gasteiger partial charge is 0.348 e. The van der Waals surface area contributed by atoms with E-state index in [1.165, 1.54) is 12.1 Å². The highest BCUT2D eigenvalue weighted by Crippen LogP contribution is 2.20. The van der Waals surface area contributed by atoms with Gasteiger partial charge in [0.25, 0.3) is 5.91 Å². The van der Waals surface area contributed by atoms with Crippen LogP contribution in [0, 0.1) is 6.92 Å². The molecule has 3 aromatic carbocycles. The number of amides is 1. The molecule has 29 heavy (non-hydrogen) atoms. The highest BCUT2D eigenvalue weighted by molar-refractivity contribution is 7.89. The van der Waals surface area contributed by atoms with Gasteiger partial charge >= 0.3 is 0 Å². The van der Waals surface area contributed by atoms with E-state index in [1.54, 1.807) is 18.2 Å². The highest BCUT2D eigenvalue weighted by Gasteiger charge is 2.16. The van der Waals surface area contributed by atoms with Crippen LogP contribution >= 0.6 is 11.6 Å². The fourth-order valence-corrected chi connectivity index (χ4v) is 4.33. The number of aryl methyl sites for hydroxylation is 1. The van der Waals surface area contributed by atoms with Crippen LogP contribution in [0.3, 0.4) is 0 Å². The summed E-state index contributed by atoms with van der Waals surface area (Å²) in [5.41, 5.74) is 3.29. The predicted molar refractivity (Wildman–Crippen MR) is 114 cm³/mol. The van der Waals surface area contributed by atoms with Crippen molar-refractivity contribution in [2.75, 3.05) is 0 Å². The summed E-state index contributed by atoms with van der Waals surface area (Å²) >= 11 is 5.97. The molecule has 0 aliphatic rings. The molecule has 0 bridgehead atoms. The number of hydrogen-bond acceptors (Lipinski definition) is 3. The van der Waals surface area contributed by atoms with Crippen molar-refractivity contribution in [2.24, 2.45) is 0 Å². The molecule has 0 heterocycles. The Hall–Kier alpha value is -2.67. The molecule has 0 atom stereocenters. The van der Waals surface area contributed by atoms with Gasteiger partial charge in [-0.1, -0.05) is 66.2 Å². The third-order valence-electron chi connectivity index (χ3n) is 4.46. The number of nitrogens with one attached hydrogen (secondary N) is 2. The maximum atomic E-state index is 12.4. The lowest BCUT2D eigenvalue weighted by atomic mass is 10.1. The summed E-state index contributed by atoms with van der Waals surface area (Å²) in [7, 11) is -3.69. The smallest absolute Gasteiger partial charge is 0.251 e. The summed E-state index contributed by atoms with van der Waals surface area (Å²) in [6.45, 7) is 2.43. The van der Waals surface area contributed by atoms with Crippen molar-refractivity contribution in [1.82, 2.24) is 10.0 Å². The topological polar surface area (TPSA) is 75.3 Å². The second kappa shape index (κ2) is 9.22. The Morgan fingerprint density at radius 2 is 1.45 bits per heavy atom. The fourth-order valence-electron chi connectivity index (χ4n) is 2.80. The van der Waals surface area contributed by atoms with Crippen LogP contribution in [0.4, 0.5) is 0 Å². The molecular weight excluding hydrogens is 408 g/mol. The average Bonchev–Trinajstić information content (AvgIpc) is 2.72. The van der Waals surface area contributed by atoms with Gasteiger partial charge in [-0.05, 0) is 41.8 Å². The predicted octanol–water partition coefficient (Wildman–Crippen LogP) is 4.06. The van der Waals surface area contributed by atoms with E-state index in [-0.39, 0.29) is 22.4 Å². The second-order valence-electron chi connectivity index (χ2n) is 6.57. The van der Waals surface area contributed by atoms with Crippen LogP contribution in [0.5, 0.6) is 0 Å². The first-order chi connectivity index (χ1) is 13.9. The van der Waals surface area contributed by atoms with Gasteiger partial charge in [0, 0.05) is 18.7 Å². The molecule has 3 aromatic rings. The van der Waals surface area contributed by atoms with Gasteiger partial charge in [-0.2, -0.15) is 0 Å². The third-order valence-corrected chi connectivity index (χ3v) is 6.36. The van der Waals surface area contributed by atoms with E-state index < -0.39 is 10.0 Å². The normalized spacial score (nSPS) is 11.2. The number of carbonyl (C=O) groups excluding carboxylic acids is 1. The molecule has 0 fully saturated rings. The molecule has 0 saturated carbocycles. The van der Waals surface area contributed by atoms with Crippen molar-refractivity contribution in [2.45, 2.75) is 24.9 Å². The number of halogens is 1. The van der Waals surface area contributed by atoms with Crippen LogP contribution in [0.2, 0.25) is 5.02 Å². The first-order valence-corrected chi connectivity index (χ1v) is 10.9. The van der Waals surface area contributed by atoms with E-state index in [4.69, 9.17) is 11.6 Å². The van der Waals surface area contributed by atoms with Crippen molar-refractivity contribution in [1.29, 1.82) is 0 Å². The molecule has 0 aromatic heterocycles.